The van der Waals surface area contributed by atoms with E-state index in [0.29, 0.717) is 5.78 Å². The highest BCUT2D eigenvalue weighted by Crippen LogP contribution is 2.30. The smallest absolute Gasteiger partial charge is 0.132 e. The van der Waals surface area contributed by atoms with E-state index in [4.69, 9.17) is 0 Å². The van der Waals surface area contributed by atoms with Crippen molar-refractivity contribution in [1.82, 2.24) is 0 Å². The van der Waals surface area contributed by atoms with Crippen LogP contribution in [-0.4, -0.2) is 5.78 Å². The first-order chi connectivity index (χ1) is 14.3. The normalized spacial score (nSPS) is 12.1. The topological polar surface area (TPSA) is 17.1 Å². The molecule has 0 heterocycles. The maximum absolute atomic E-state index is 12.2. The highest BCUT2D eigenvalue weighted by molar-refractivity contribution is 5.78. The average Bonchev–Trinajstić information content (AvgIpc) is 2.74. The van der Waals surface area contributed by atoms with Crippen LogP contribution in [0.25, 0.3) is 0 Å². The summed E-state index contributed by atoms with van der Waals surface area (Å²) in [6.45, 7) is 9.30. The summed E-state index contributed by atoms with van der Waals surface area (Å²) < 4.78 is 0. The lowest BCUT2D eigenvalue weighted by atomic mass is 9.80. The summed E-state index contributed by atoms with van der Waals surface area (Å²) in [6.07, 6.45) is 10.7. The van der Waals surface area contributed by atoms with E-state index in [9.17, 15) is 4.79 Å². The molecule has 1 heteroatoms. The molecule has 1 nitrogen and oxygen atoms in total. The molecule has 0 bridgehead atoms. The van der Waals surface area contributed by atoms with E-state index in [2.05, 4.69) is 88.4 Å². The van der Waals surface area contributed by atoms with Crippen molar-refractivity contribution in [3.63, 3.8) is 0 Å². The minimum absolute atomic E-state index is 0.221. The third-order valence-corrected chi connectivity index (χ3v) is 6.63. The van der Waals surface area contributed by atoms with Gasteiger partial charge in [0.1, 0.15) is 5.78 Å². The van der Waals surface area contributed by atoms with Crippen LogP contribution in [0.1, 0.15) is 103 Å². The number of hydrogen-bond donors (Lipinski definition) is 0. The maximum atomic E-state index is 12.2. The van der Waals surface area contributed by atoms with Gasteiger partial charge in [0.2, 0.25) is 0 Å². The summed E-state index contributed by atoms with van der Waals surface area (Å²) >= 11 is 0. The number of carbonyl (C=O) groups excluding carboxylic acids is 1. The van der Waals surface area contributed by atoms with Crippen LogP contribution < -0.4 is 0 Å². The lowest BCUT2D eigenvalue weighted by Crippen LogP contribution is -2.16. The molecule has 0 aliphatic carbocycles. The van der Waals surface area contributed by atoms with E-state index in [1.807, 2.05) is 0 Å². The van der Waals surface area contributed by atoms with Crippen molar-refractivity contribution in [2.45, 2.75) is 103 Å². The van der Waals surface area contributed by atoms with Crippen LogP contribution >= 0.6 is 0 Å². The number of unbranched alkanes of at least 4 members (excludes halogenated alkanes) is 4. The van der Waals surface area contributed by atoms with Crippen LogP contribution in [0.2, 0.25) is 0 Å². The Balaban J connectivity index is 1.52. The number of carbonyl (C=O) groups is 1. The molecule has 0 spiro atoms. The van der Waals surface area contributed by atoms with Gasteiger partial charge in [-0.1, -0.05) is 114 Å². The van der Waals surface area contributed by atoms with Crippen LogP contribution in [0.5, 0.6) is 0 Å². The van der Waals surface area contributed by atoms with Crippen LogP contribution in [0.15, 0.2) is 60.7 Å². The third kappa shape index (κ3) is 8.46. The van der Waals surface area contributed by atoms with Crippen LogP contribution in [-0.2, 0) is 15.6 Å². The molecule has 164 valence electrons. The molecule has 0 aliphatic heterocycles. The van der Waals surface area contributed by atoms with Gasteiger partial charge in [0.15, 0.2) is 0 Å². The summed E-state index contributed by atoms with van der Waals surface area (Å²) in [5.74, 6) is 0.458. The lowest BCUT2D eigenvalue weighted by molar-refractivity contribution is -0.119. The summed E-state index contributed by atoms with van der Waals surface area (Å²) in [4.78, 5) is 12.2. The summed E-state index contributed by atoms with van der Waals surface area (Å²) in [7, 11) is 0. The Labute approximate surface area is 185 Å². The van der Waals surface area contributed by atoms with Crippen LogP contribution in [0, 0.1) is 0 Å². The third-order valence-electron chi connectivity index (χ3n) is 6.63. The van der Waals surface area contributed by atoms with Crippen molar-refractivity contribution in [2.75, 3.05) is 0 Å². The van der Waals surface area contributed by atoms with Crippen molar-refractivity contribution < 1.29 is 4.79 Å². The fourth-order valence-corrected chi connectivity index (χ4v) is 4.32. The molecule has 0 atom stereocenters. The van der Waals surface area contributed by atoms with E-state index < -0.39 is 0 Å². The predicted molar refractivity (Wildman–Crippen MR) is 130 cm³/mol. The minimum Gasteiger partial charge on any atom is -0.300 e. The Morgan fingerprint density at radius 3 is 1.30 bits per heavy atom. The lowest BCUT2D eigenvalue weighted by Gasteiger charge is -2.25. The van der Waals surface area contributed by atoms with E-state index in [-0.39, 0.29) is 10.8 Å². The Kier molecular flexibility index (Phi) is 9.82. The van der Waals surface area contributed by atoms with Gasteiger partial charge in [0, 0.05) is 12.8 Å². The molecular weight excluding hydrogens is 364 g/mol. The fourth-order valence-electron chi connectivity index (χ4n) is 4.32. The molecule has 30 heavy (non-hydrogen) atoms. The highest BCUT2D eigenvalue weighted by atomic mass is 16.1. The van der Waals surface area contributed by atoms with E-state index in [1.165, 1.54) is 36.8 Å². The van der Waals surface area contributed by atoms with Crippen molar-refractivity contribution in [2.24, 2.45) is 0 Å². The van der Waals surface area contributed by atoms with Crippen molar-refractivity contribution in [3.05, 3.63) is 71.8 Å². The molecule has 0 radical (unpaired) electrons. The van der Waals surface area contributed by atoms with E-state index in [1.54, 1.807) is 0 Å². The molecule has 0 saturated heterocycles. The van der Waals surface area contributed by atoms with Gasteiger partial charge in [0.05, 0.1) is 0 Å². The second kappa shape index (κ2) is 12.1. The second-order valence-electron chi connectivity index (χ2n) is 10.2. The molecule has 0 aliphatic rings. The van der Waals surface area contributed by atoms with Crippen LogP contribution in [0.3, 0.4) is 0 Å². The quantitative estimate of drug-likeness (QED) is 0.288. The maximum Gasteiger partial charge on any atom is 0.132 e. The highest BCUT2D eigenvalue weighted by Gasteiger charge is 2.20. The number of benzene rings is 2. The molecule has 0 aromatic heterocycles. The number of ketones is 1. The minimum atomic E-state index is 0.221. The number of Topliss-reactive ketones (excluding diaryl/α,β-unsaturated/α-hetero) is 1. The molecule has 2 aromatic carbocycles. The first-order valence-electron chi connectivity index (χ1n) is 11.9. The summed E-state index contributed by atoms with van der Waals surface area (Å²) in [5, 5.41) is 0. The molecule has 2 aromatic rings. The molecule has 0 amide bonds. The van der Waals surface area contributed by atoms with E-state index >= 15 is 0 Å². The Bertz CT molecular complexity index is 664. The number of rotatable bonds is 14. The van der Waals surface area contributed by atoms with Gasteiger partial charge in [0.25, 0.3) is 0 Å². The van der Waals surface area contributed by atoms with Crippen molar-refractivity contribution in [1.29, 1.82) is 0 Å². The predicted octanol–water partition coefficient (Wildman–Crippen LogP) is 8.41. The van der Waals surface area contributed by atoms with Crippen molar-refractivity contribution in [3.8, 4) is 0 Å². The number of hydrogen-bond acceptors (Lipinski definition) is 1. The van der Waals surface area contributed by atoms with Gasteiger partial charge in [-0.3, -0.25) is 4.79 Å². The van der Waals surface area contributed by atoms with Gasteiger partial charge in [-0.05, 0) is 47.6 Å². The summed E-state index contributed by atoms with van der Waals surface area (Å²) in [6, 6.07) is 21.6. The molecule has 0 fully saturated rings. The molecule has 0 unspecified atom stereocenters. The SMILES string of the molecule is CC(C)(CCCCCC(=O)CCCCCC(C)(C)c1ccccc1)c1ccccc1. The summed E-state index contributed by atoms with van der Waals surface area (Å²) in [5.41, 5.74) is 3.27. The first kappa shape index (κ1) is 24.4. The Morgan fingerprint density at radius 2 is 0.933 bits per heavy atom. The second-order valence-corrected chi connectivity index (χ2v) is 10.2. The first-order valence-corrected chi connectivity index (χ1v) is 11.9. The zero-order valence-electron chi connectivity index (χ0n) is 19.8. The van der Waals surface area contributed by atoms with Gasteiger partial charge in [-0.2, -0.15) is 0 Å². The molecule has 0 saturated carbocycles. The Hall–Kier alpha value is -1.89. The van der Waals surface area contributed by atoms with Gasteiger partial charge in [-0.15, -0.1) is 0 Å². The zero-order chi connectivity index (χ0) is 21.9. The average molecular weight is 407 g/mol. The van der Waals surface area contributed by atoms with Gasteiger partial charge < -0.3 is 0 Å². The van der Waals surface area contributed by atoms with Gasteiger partial charge >= 0.3 is 0 Å². The monoisotopic (exact) mass is 406 g/mol. The Morgan fingerprint density at radius 1 is 0.567 bits per heavy atom. The molecule has 0 N–H and O–H groups in total. The fraction of sp³-hybridized carbons (Fsp3) is 0.552. The standard InChI is InChI=1S/C29H42O/c1-28(2,25-17-9-5-10-18-25)23-15-7-13-21-27(30)22-14-8-16-24-29(3,4)26-19-11-6-12-20-26/h5-6,9-12,17-20H,7-8,13-16,21-24H2,1-4H3. The molecule has 2 rings (SSSR count). The van der Waals surface area contributed by atoms with Crippen LogP contribution in [0.4, 0.5) is 0 Å². The zero-order valence-corrected chi connectivity index (χ0v) is 19.8. The van der Waals surface area contributed by atoms with Crippen molar-refractivity contribution >= 4 is 5.78 Å². The van der Waals surface area contributed by atoms with E-state index in [0.717, 1.165) is 38.5 Å². The molecular formula is C29H42O. The van der Waals surface area contributed by atoms with Gasteiger partial charge in [-0.25, -0.2) is 0 Å². The largest absolute Gasteiger partial charge is 0.300 e.